The van der Waals surface area contributed by atoms with Crippen LogP contribution in [0.4, 0.5) is 0 Å². The van der Waals surface area contributed by atoms with Gasteiger partial charge >= 0.3 is 0 Å². The topological polar surface area (TPSA) is 51.6 Å². The van der Waals surface area contributed by atoms with Gasteiger partial charge in [0.05, 0.1) is 22.8 Å². The zero-order valence-electron chi connectivity index (χ0n) is 21.5. The fourth-order valence-electron chi connectivity index (χ4n) is 5.77. The molecule has 8 rings (SSSR count). The first-order valence-corrected chi connectivity index (χ1v) is 13.3. The van der Waals surface area contributed by atoms with Crippen LogP contribution in [0.15, 0.2) is 134 Å². The molecule has 4 aromatic carbocycles. The van der Waals surface area contributed by atoms with Crippen LogP contribution in [-0.2, 0) is 0 Å². The summed E-state index contributed by atoms with van der Waals surface area (Å²) in [5.41, 5.74) is 7.98. The number of benzene rings is 4. The predicted octanol–water partition coefficient (Wildman–Crippen LogP) is 8.83. The number of pyridine rings is 4. The predicted molar refractivity (Wildman–Crippen MR) is 163 cm³/mol. The van der Waals surface area contributed by atoms with Crippen molar-refractivity contribution in [1.29, 1.82) is 0 Å². The average molecular weight is 511 g/mol. The molecule has 4 nitrogen and oxygen atoms in total. The van der Waals surface area contributed by atoms with Gasteiger partial charge in [0.25, 0.3) is 0 Å². The van der Waals surface area contributed by atoms with Crippen molar-refractivity contribution in [3.63, 3.8) is 0 Å². The van der Waals surface area contributed by atoms with Crippen LogP contribution in [0.2, 0.25) is 0 Å². The average Bonchev–Trinajstić information content (AvgIpc) is 3.04. The Morgan fingerprint density at radius 3 is 1.27 bits per heavy atom. The highest BCUT2D eigenvalue weighted by Gasteiger charge is 2.16. The molecule has 0 radical (unpaired) electrons. The molecule has 0 amide bonds. The minimum absolute atomic E-state index is 0.915. The second-order valence-electron chi connectivity index (χ2n) is 9.95. The highest BCUT2D eigenvalue weighted by molar-refractivity contribution is 6.27. The molecule has 0 atom stereocenters. The molecule has 0 fully saturated rings. The van der Waals surface area contributed by atoms with Gasteiger partial charge in [0.15, 0.2) is 0 Å². The van der Waals surface area contributed by atoms with Crippen molar-refractivity contribution in [2.24, 2.45) is 0 Å². The van der Waals surface area contributed by atoms with Crippen LogP contribution < -0.4 is 0 Å². The third-order valence-corrected chi connectivity index (χ3v) is 7.63. The summed E-state index contributed by atoms with van der Waals surface area (Å²) in [6.07, 6.45) is 7.28. The highest BCUT2D eigenvalue weighted by Crippen LogP contribution is 2.42. The summed E-state index contributed by atoms with van der Waals surface area (Å²) >= 11 is 0. The monoisotopic (exact) mass is 510 g/mol. The molecule has 186 valence electrons. The lowest BCUT2D eigenvalue weighted by atomic mass is 9.88. The van der Waals surface area contributed by atoms with Gasteiger partial charge in [0.1, 0.15) is 0 Å². The van der Waals surface area contributed by atoms with E-state index in [2.05, 4.69) is 82.8 Å². The summed E-state index contributed by atoms with van der Waals surface area (Å²) < 4.78 is 0. The van der Waals surface area contributed by atoms with Crippen molar-refractivity contribution in [3.8, 4) is 45.0 Å². The number of hydrogen-bond acceptors (Lipinski definition) is 4. The van der Waals surface area contributed by atoms with Crippen molar-refractivity contribution < 1.29 is 0 Å². The number of rotatable bonds is 4. The zero-order valence-corrected chi connectivity index (χ0v) is 21.5. The van der Waals surface area contributed by atoms with Gasteiger partial charge in [-0.25, -0.2) is 9.97 Å². The van der Waals surface area contributed by atoms with Gasteiger partial charge in [-0.05, 0) is 80.8 Å². The van der Waals surface area contributed by atoms with Crippen LogP contribution in [-0.4, -0.2) is 19.9 Å². The Labute approximate surface area is 231 Å². The molecule has 0 spiro atoms. The van der Waals surface area contributed by atoms with E-state index in [1.165, 1.54) is 32.3 Å². The summed E-state index contributed by atoms with van der Waals surface area (Å²) in [5, 5.41) is 7.34. The Hall–Kier alpha value is -5.48. The molecule has 0 N–H and O–H groups in total. The Kier molecular flexibility index (Phi) is 5.10. The second kappa shape index (κ2) is 9.07. The minimum atomic E-state index is 0.915. The van der Waals surface area contributed by atoms with Gasteiger partial charge < -0.3 is 0 Å². The van der Waals surface area contributed by atoms with E-state index in [-0.39, 0.29) is 0 Å². The van der Waals surface area contributed by atoms with Gasteiger partial charge in [0.2, 0.25) is 0 Å². The van der Waals surface area contributed by atoms with E-state index >= 15 is 0 Å². The third kappa shape index (κ3) is 3.62. The molecule has 0 saturated heterocycles. The highest BCUT2D eigenvalue weighted by atomic mass is 14.7. The maximum Gasteiger partial charge on any atom is 0.0725 e. The van der Waals surface area contributed by atoms with Crippen LogP contribution >= 0.6 is 0 Å². The van der Waals surface area contributed by atoms with E-state index in [0.717, 1.165) is 45.0 Å². The van der Waals surface area contributed by atoms with Crippen molar-refractivity contribution >= 4 is 32.3 Å². The van der Waals surface area contributed by atoms with Gasteiger partial charge in [0, 0.05) is 47.0 Å². The van der Waals surface area contributed by atoms with Gasteiger partial charge in [-0.1, -0.05) is 60.7 Å². The van der Waals surface area contributed by atoms with E-state index in [1.54, 1.807) is 12.4 Å². The molecule has 40 heavy (non-hydrogen) atoms. The van der Waals surface area contributed by atoms with Crippen molar-refractivity contribution in [2.75, 3.05) is 0 Å². The molecule has 0 aliphatic rings. The van der Waals surface area contributed by atoms with Crippen LogP contribution in [0.1, 0.15) is 0 Å². The van der Waals surface area contributed by atoms with Crippen LogP contribution in [0.3, 0.4) is 0 Å². The largest absolute Gasteiger partial charge is 0.264 e. The first-order chi connectivity index (χ1) is 19.8. The maximum absolute atomic E-state index is 5.04. The molecule has 4 aromatic heterocycles. The summed E-state index contributed by atoms with van der Waals surface area (Å²) in [6, 6.07) is 38.1. The number of nitrogens with zero attached hydrogens (tertiary/aromatic N) is 4. The summed E-state index contributed by atoms with van der Waals surface area (Å²) in [5.74, 6) is 0. The molecule has 0 aliphatic carbocycles. The first-order valence-electron chi connectivity index (χ1n) is 13.3. The summed E-state index contributed by atoms with van der Waals surface area (Å²) in [4.78, 5) is 18.6. The molecule has 4 heterocycles. The van der Waals surface area contributed by atoms with Crippen molar-refractivity contribution in [2.45, 2.75) is 0 Å². The lowest BCUT2D eigenvalue weighted by molar-refractivity contribution is 1.28. The maximum atomic E-state index is 5.04. The Bertz CT molecular complexity index is 2000. The minimum Gasteiger partial charge on any atom is -0.264 e. The summed E-state index contributed by atoms with van der Waals surface area (Å²) in [6.45, 7) is 0. The Morgan fingerprint density at radius 2 is 0.825 bits per heavy atom. The van der Waals surface area contributed by atoms with Crippen LogP contribution in [0.25, 0.3) is 77.3 Å². The molecule has 8 aromatic rings. The van der Waals surface area contributed by atoms with Crippen molar-refractivity contribution in [3.05, 3.63) is 134 Å². The second-order valence-corrected chi connectivity index (χ2v) is 9.95. The van der Waals surface area contributed by atoms with Gasteiger partial charge in [-0.3, -0.25) is 9.97 Å². The smallest absolute Gasteiger partial charge is 0.0725 e. The molecule has 0 bridgehead atoms. The van der Waals surface area contributed by atoms with Crippen LogP contribution in [0, 0.1) is 0 Å². The van der Waals surface area contributed by atoms with Crippen LogP contribution in [0.5, 0.6) is 0 Å². The van der Waals surface area contributed by atoms with Gasteiger partial charge in [-0.15, -0.1) is 0 Å². The molecule has 0 saturated carbocycles. The van der Waals surface area contributed by atoms with E-state index < -0.39 is 0 Å². The quantitative estimate of drug-likeness (QED) is 0.222. The lowest BCUT2D eigenvalue weighted by Gasteiger charge is -2.16. The molecule has 0 unspecified atom stereocenters. The SMILES string of the molecule is c1cncc(-c2cccc(-c3ccc4ccc5c(-c6cccc(-c7cccnc7)n6)ccc6ccc3c4c65)n2)c1. The standard InChI is InChI=1S/C36H22N4/c1-7-31(25-5-3-19-37-21-25)39-33(9-1)27-15-11-23-14-18-30-28(16-12-24-13-17-29(27)35(23)36(24)30)34-10-2-8-32(40-34)26-6-4-20-38-22-26/h1-22H. The molecular formula is C36H22N4. The molecule has 4 heteroatoms. The normalized spacial score (nSPS) is 11.5. The molecular weight excluding hydrogens is 488 g/mol. The van der Waals surface area contributed by atoms with E-state index in [9.17, 15) is 0 Å². The number of aromatic nitrogens is 4. The first kappa shape index (κ1) is 22.5. The lowest BCUT2D eigenvalue weighted by Crippen LogP contribution is -1.93. The fourth-order valence-corrected chi connectivity index (χ4v) is 5.77. The Morgan fingerprint density at radius 1 is 0.375 bits per heavy atom. The van der Waals surface area contributed by atoms with E-state index in [1.807, 2.05) is 48.8 Å². The number of hydrogen-bond donors (Lipinski definition) is 0. The molecule has 0 aliphatic heterocycles. The van der Waals surface area contributed by atoms with E-state index in [4.69, 9.17) is 9.97 Å². The third-order valence-electron chi connectivity index (χ3n) is 7.63. The fraction of sp³-hybridized carbons (Fsp3) is 0. The summed E-state index contributed by atoms with van der Waals surface area (Å²) in [7, 11) is 0. The zero-order chi connectivity index (χ0) is 26.5. The van der Waals surface area contributed by atoms with E-state index in [0.29, 0.717) is 0 Å². The Balaban J connectivity index is 1.34. The van der Waals surface area contributed by atoms with Crippen molar-refractivity contribution in [1.82, 2.24) is 19.9 Å². The van der Waals surface area contributed by atoms with Gasteiger partial charge in [-0.2, -0.15) is 0 Å².